The van der Waals surface area contributed by atoms with Gasteiger partial charge in [0.2, 0.25) is 0 Å². The van der Waals surface area contributed by atoms with Crippen LogP contribution >= 0.6 is 0 Å². The lowest BCUT2D eigenvalue weighted by Crippen LogP contribution is -2.00. The van der Waals surface area contributed by atoms with Crippen LogP contribution in [0.5, 0.6) is 0 Å². The summed E-state index contributed by atoms with van der Waals surface area (Å²) in [5.74, 6) is 4.87. The number of carbonyl (C=O) groups is 2. The molecular formula is C14H12O3. The van der Waals surface area contributed by atoms with Crippen LogP contribution in [-0.4, -0.2) is 18.9 Å². The van der Waals surface area contributed by atoms with E-state index in [2.05, 4.69) is 16.6 Å². The zero-order chi connectivity index (χ0) is 12.3. The predicted octanol–water partition coefficient (Wildman–Crippen LogP) is 1.80. The summed E-state index contributed by atoms with van der Waals surface area (Å²) in [6.07, 6.45) is 2.01. The topological polar surface area (TPSA) is 43.4 Å². The smallest absolute Gasteiger partial charge is 0.384 e. The van der Waals surface area contributed by atoms with Gasteiger partial charge >= 0.3 is 5.97 Å². The second-order valence-electron chi connectivity index (χ2n) is 3.96. The molecule has 0 N–H and O–H groups in total. The fourth-order valence-electron chi connectivity index (χ4n) is 1.47. The summed E-state index contributed by atoms with van der Waals surface area (Å²) in [5, 5.41) is 0. The minimum Gasteiger partial charge on any atom is -0.459 e. The molecule has 0 radical (unpaired) electrons. The molecule has 3 heteroatoms. The van der Waals surface area contributed by atoms with Gasteiger partial charge in [0.05, 0.1) is 7.11 Å². The molecule has 0 aromatic heterocycles. The normalized spacial score (nSPS) is 13.5. The van der Waals surface area contributed by atoms with E-state index in [0.717, 1.165) is 18.4 Å². The molecule has 1 saturated carbocycles. The van der Waals surface area contributed by atoms with Crippen LogP contribution in [0.15, 0.2) is 24.3 Å². The summed E-state index contributed by atoms with van der Waals surface area (Å²) < 4.78 is 4.41. The third kappa shape index (κ3) is 2.94. The number of ether oxygens (including phenoxy) is 1. The number of esters is 1. The van der Waals surface area contributed by atoms with E-state index in [4.69, 9.17) is 0 Å². The third-order valence-electron chi connectivity index (χ3n) is 2.61. The molecule has 0 amide bonds. The number of hydrogen-bond donors (Lipinski definition) is 0. The number of ketones is 1. The molecule has 3 nitrogen and oxygen atoms in total. The Kier molecular flexibility index (Phi) is 3.24. The maximum absolute atomic E-state index is 11.7. The summed E-state index contributed by atoms with van der Waals surface area (Å²) in [4.78, 5) is 22.5. The van der Waals surface area contributed by atoms with Gasteiger partial charge < -0.3 is 4.74 Å². The molecule has 17 heavy (non-hydrogen) atoms. The molecule has 0 bridgehead atoms. The number of rotatable bonds is 2. The van der Waals surface area contributed by atoms with Crippen molar-refractivity contribution in [2.75, 3.05) is 7.11 Å². The van der Waals surface area contributed by atoms with Gasteiger partial charge in [-0.15, -0.1) is 0 Å². The first-order valence-electron chi connectivity index (χ1n) is 5.45. The van der Waals surface area contributed by atoms with Crippen LogP contribution in [0, 0.1) is 17.8 Å². The van der Waals surface area contributed by atoms with Crippen molar-refractivity contribution in [3.8, 4) is 11.8 Å². The van der Waals surface area contributed by atoms with Crippen LogP contribution in [-0.2, 0) is 9.53 Å². The number of Topliss-reactive ketones (excluding diaryl/α,β-unsaturated/α-hetero) is 1. The van der Waals surface area contributed by atoms with Crippen molar-refractivity contribution in [3.05, 3.63) is 35.4 Å². The van der Waals surface area contributed by atoms with Gasteiger partial charge in [-0.25, -0.2) is 4.79 Å². The highest BCUT2D eigenvalue weighted by Crippen LogP contribution is 2.32. The van der Waals surface area contributed by atoms with Crippen molar-refractivity contribution in [1.82, 2.24) is 0 Å². The molecule has 0 aliphatic heterocycles. The van der Waals surface area contributed by atoms with E-state index in [1.807, 2.05) is 0 Å². The van der Waals surface area contributed by atoms with Crippen molar-refractivity contribution in [2.24, 2.45) is 5.92 Å². The molecule has 1 aromatic rings. The first-order chi connectivity index (χ1) is 8.20. The van der Waals surface area contributed by atoms with Crippen LogP contribution in [0.25, 0.3) is 0 Å². The lowest BCUT2D eigenvalue weighted by atomic mass is 10.1. The third-order valence-corrected chi connectivity index (χ3v) is 2.61. The van der Waals surface area contributed by atoms with Crippen LogP contribution in [0.4, 0.5) is 0 Å². The molecule has 1 aliphatic rings. The van der Waals surface area contributed by atoms with Gasteiger partial charge in [0.15, 0.2) is 5.78 Å². The molecule has 1 aliphatic carbocycles. The van der Waals surface area contributed by atoms with E-state index in [-0.39, 0.29) is 11.7 Å². The zero-order valence-corrected chi connectivity index (χ0v) is 9.53. The van der Waals surface area contributed by atoms with Crippen LogP contribution in [0.2, 0.25) is 0 Å². The molecule has 2 rings (SSSR count). The van der Waals surface area contributed by atoms with Gasteiger partial charge in [0, 0.05) is 23.0 Å². The molecule has 0 heterocycles. The standard InChI is InChI=1S/C14H12O3/c1-17-13(15)9-4-10-2-5-11(6-3-10)14(16)12-7-8-12/h2-3,5-6,12H,7-8H2,1H3. The Bertz CT molecular complexity index is 499. The molecule has 86 valence electrons. The highest BCUT2D eigenvalue weighted by molar-refractivity contribution is 5.99. The minimum atomic E-state index is -0.567. The summed E-state index contributed by atoms with van der Waals surface area (Å²) >= 11 is 0. The largest absolute Gasteiger partial charge is 0.459 e. The highest BCUT2D eigenvalue weighted by Gasteiger charge is 2.30. The van der Waals surface area contributed by atoms with E-state index < -0.39 is 5.97 Å². The first-order valence-corrected chi connectivity index (χ1v) is 5.45. The lowest BCUT2D eigenvalue weighted by Gasteiger charge is -1.98. The van der Waals surface area contributed by atoms with E-state index in [9.17, 15) is 9.59 Å². The Labute approximate surface area is 99.8 Å². The Morgan fingerprint density at radius 1 is 1.24 bits per heavy atom. The molecule has 0 atom stereocenters. The Morgan fingerprint density at radius 3 is 2.41 bits per heavy atom. The van der Waals surface area contributed by atoms with Crippen molar-refractivity contribution in [2.45, 2.75) is 12.8 Å². The summed E-state index contributed by atoms with van der Waals surface area (Å²) in [6.45, 7) is 0. The molecule has 0 saturated heterocycles. The monoisotopic (exact) mass is 228 g/mol. The van der Waals surface area contributed by atoms with Gasteiger partial charge in [-0.2, -0.15) is 0 Å². The summed E-state index contributed by atoms with van der Waals surface area (Å²) in [6, 6.07) is 6.99. The predicted molar refractivity (Wildman–Crippen MR) is 62.4 cm³/mol. The molecule has 1 fully saturated rings. The van der Waals surface area contributed by atoms with Crippen LogP contribution in [0.1, 0.15) is 28.8 Å². The average Bonchev–Trinajstić information content (AvgIpc) is 3.20. The van der Waals surface area contributed by atoms with Crippen molar-refractivity contribution in [3.63, 3.8) is 0 Å². The first kappa shape index (κ1) is 11.4. The lowest BCUT2D eigenvalue weighted by molar-refractivity contribution is -0.133. The van der Waals surface area contributed by atoms with Crippen molar-refractivity contribution in [1.29, 1.82) is 0 Å². The Balaban J connectivity index is 2.09. The van der Waals surface area contributed by atoms with E-state index in [1.165, 1.54) is 7.11 Å². The average molecular weight is 228 g/mol. The van der Waals surface area contributed by atoms with Gasteiger partial charge in [-0.05, 0) is 25.0 Å². The van der Waals surface area contributed by atoms with Crippen molar-refractivity contribution >= 4 is 11.8 Å². The van der Waals surface area contributed by atoms with Gasteiger partial charge in [0.1, 0.15) is 0 Å². The highest BCUT2D eigenvalue weighted by atomic mass is 16.5. The second-order valence-corrected chi connectivity index (χ2v) is 3.96. The van der Waals surface area contributed by atoms with Gasteiger partial charge in [-0.3, -0.25) is 4.79 Å². The molecule has 1 aromatic carbocycles. The number of methoxy groups -OCH3 is 1. The number of hydrogen-bond acceptors (Lipinski definition) is 3. The van der Waals surface area contributed by atoms with E-state index >= 15 is 0 Å². The Morgan fingerprint density at radius 2 is 1.88 bits per heavy atom. The number of benzene rings is 1. The SMILES string of the molecule is COC(=O)C#Cc1ccc(C(=O)C2CC2)cc1. The molecular weight excluding hydrogens is 216 g/mol. The maximum atomic E-state index is 11.7. The zero-order valence-electron chi connectivity index (χ0n) is 9.53. The Hall–Kier alpha value is -2.08. The molecule has 0 spiro atoms. The van der Waals surface area contributed by atoms with E-state index in [0.29, 0.717) is 5.56 Å². The van der Waals surface area contributed by atoms with Gasteiger partial charge in [0.25, 0.3) is 0 Å². The molecule has 0 unspecified atom stereocenters. The van der Waals surface area contributed by atoms with Crippen molar-refractivity contribution < 1.29 is 14.3 Å². The fourth-order valence-corrected chi connectivity index (χ4v) is 1.47. The van der Waals surface area contributed by atoms with Crippen LogP contribution < -0.4 is 0 Å². The van der Waals surface area contributed by atoms with E-state index in [1.54, 1.807) is 24.3 Å². The van der Waals surface area contributed by atoms with Gasteiger partial charge in [-0.1, -0.05) is 18.1 Å². The number of carbonyl (C=O) groups excluding carboxylic acids is 2. The minimum absolute atomic E-state index is 0.206. The summed E-state index contributed by atoms with van der Waals surface area (Å²) in [5.41, 5.74) is 1.42. The quantitative estimate of drug-likeness (QED) is 0.440. The van der Waals surface area contributed by atoms with Crippen LogP contribution in [0.3, 0.4) is 0 Å². The maximum Gasteiger partial charge on any atom is 0.384 e. The summed E-state index contributed by atoms with van der Waals surface area (Å²) in [7, 11) is 1.29. The second kappa shape index (κ2) is 4.84. The fraction of sp³-hybridized carbons (Fsp3) is 0.286.